The van der Waals surface area contributed by atoms with Gasteiger partial charge in [0.25, 0.3) is 5.91 Å². The summed E-state index contributed by atoms with van der Waals surface area (Å²) in [4.78, 5) is 11.7. The fourth-order valence-electron chi connectivity index (χ4n) is 1.98. The zero-order valence-electron chi connectivity index (χ0n) is 10.1. The standard InChI is InChI=1S/C10H16N4O3S/c1-18(16,17)14-6-3-8(4-7-14)12-10(15)9-2-5-11-13-9/h2,5,8H,3-4,6-7H2,1H3,(H,11,13)(H,12,15). The van der Waals surface area contributed by atoms with Gasteiger partial charge in [-0.15, -0.1) is 0 Å². The van der Waals surface area contributed by atoms with Crippen LogP contribution < -0.4 is 5.32 Å². The summed E-state index contributed by atoms with van der Waals surface area (Å²) in [6.45, 7) is 0.902. The Morgan fingerprint density at radius 2 is 2.17 bits per heavy atom. The Bertz CT molecular complexity index is 503. The van der Waals surface area contributed by atoms with Gasteiger partial charge in [0, 0.05) is 25.3 Å². The molecule has 1 amide bonds. The van der Waals surface area contributed by atoms with Gasteiger partial charge in [-0.1, -0.05) is 0 Å². The lowest BCUT2D eigenvalue weighted by Crippen LogP contribution is -2.46. The Morgan fingerprint density at radius 1 is 1.50 bits per heavy atom. The van der Waals surface area contributed by atoms with Gasteiger partial charge >= 0.3 is 0 Å². The predicted molar refractivity (Wildman–Crippen MR) is 65.5 cm³/mol. The molecule has 18 heavy (non-hydrogen) atoms. The molecule has 0 saturated carbocycles. The van der Waals surface area contributed by atoms with Crippen LogP contribution in [0.15, 0.2) is 12.3 Å². The molecule has 1 fully saturated rings. The monoisotopic (exact) mass is 272 g/mol. The van der Waals surface area contributed by atoms with Crippen molar-refractivity contribution in [1.29, 1.82) is 0 Å². The number of hydrogen-bond acceptors (Lipinski definition) is 4. The highest BCUT2D eigenvalue weighted by atomic mass is 32.2. The largest absolute Gasteiger partial charge is 0.348 e. The molecule has 0 aromatic carbocycles. The molecule has 1 aromatic rings. The molecular weight excluding hydrogens is 256 g/mol. The number of amides is 1. The van der Waals surface area contributed by atoms with Crippen molar-refractivity contribution in [2.45, 2.75) is 18.9 Å². The molecule has 0 unspecified atom stereocenters. The average molecular weight is 272 g/mol. The van der Waals surface area contributed by atoms with Gasteiger partial charge in [-0.3, -0.25) is 9.89 Å². The third-order valence-corrected chi connectivity index (χ3v) is 4.31. The van der Waals surface area contributed by atoms with Crippen molar-refractivity contribution in [2.24, 2.45) is 0 Å². The molecular formula is C10H16N4O3S. The molecule has 1 saturated heterocycles. The minimum atomic E-state index is -3.12. The second-order valence-corrected chi connectivity index (χ2v) is 6.36. The second-order valence-electron chi connectivity index (χ2n) is 4.38. The maximum absolute atomic E-state index is 11.7. The highest BCUT2D eigenvalue weighted by molar-refractivity contribution is 7.88. The van der Waals surface area contributed by atoms with E-state index in [2.05, 4.69) is 15.5 Å². The zero-order chi connectivity index (χ0) is 13.2. The van der Waals surface area contributed by atoms with Gasteiger partial charge in [0.15, 0.2) is 0 Å². The summed E-state index contributed by atoms with van der Waals surface area (Å²) >= 11 is 0. The average Bonchev–Trinajstić information content (AvgIpc) is 2.82. The molecule has 0 bridgehead atoms. The van der Waals surface area contributed by atoms with Crippen molar-refractivity contribution in [1.82, 2.24) is 19.8 Å². The fraction of sp³-hybridized carbons (Fsp3) is 0.600. The Morgan fingerprint density at radius 3 is 2.67 bits per heavy atom. The number of nitrogens with zero attached hydrogens (tertiary/aromatic N) is 2. The van der Waals surface area contributed by atoms with Gasteiger partial charge in [-0.05, 0) is 18.9 Å². The van der Waals surface area contributed by atoms with Crippen molar-refractivity contribution in [3.05, 3.63) is 18.0 Å². The first-order valence-corrected chi connectivity index (χ1v) is 7.57. The van der Waals surface area contributed by atoms with Gasteiger partial charge in [-0.25, -0.2) is 12.7 Å². The number of carbonyl (C=O) groups excluding carboxylic acids is 1. The van der Waals surface area contributed by atoms with E-state index in [-0.39, 0.29) is 11.9 Å². The van der Waals surface area contributed by atoms with Crippen molar-refractivity contribution in [3.63, 3.8) is 0 Å². The quantitative estimate of drug-likeness (QED) is 0.780. The lowest BCUT2D eigenvalue weighted by atomic mass is 10.1. The summed E-state index contributed by atoms with van der Waals surface area (Å²) in [5, 5.41) is 9.16. The SMILES string of the molecule is CS(=O)(=O)N1CCC(NC(=O)c2ccn[nH]2)CC1. The van der Waals surface area contributed by atoms with E-state index in [1.165, 1.54) is 16.8 Å². The second kappa shape index (κ2) is 5.07. The van der Waals surface area contributed by atoms with E-state index in [9.17, 15) is 13.2 Å². The minimum absolute atomic E-state index is 0.0128. The molecule has 1 aliphatic heterocycles. The normalized spacial score (nSPS) is 18.7. The van der Waals surface area contributed by atoms with Crippen LogP contribution in [0.4, 0.5) is 0 Å². The van der Waals surface area contributed by atoms with Crippen LogP contribution in [0.2, 0.25) is 0 Å². The molecule has 0 aliphatic carbocycles. The van der Waals surface area contributed by atoms with E-state index >= 15 is 0 Å². The third-order valence-electron chi connectivity index (χ3n) is 3.00. The van der Waals surface area contributed by atoms with Crippen LogP contribution in [0, 0.1) is 0 Å². The summed E-state index contributed by atoms with van der Waals surface area (Å²) in [7, 11) is -3.12. The van der Waals surface area contributed by atoms with E-state index in [1.807, 2.05) is 0 Å². The molecule has 0 spiro atoms. The number of piperidine rings is 1. The Labute approximate surface area is 106 Å². The molecule has 100 valence electrons. The van der Waals surface area contributed by atoms with E-state index in [4.69, 9.17) is 0 Å². The molecule has 1 aromatic heterocycles. The summed E-state index contributed by atoms with van der Waals surface area (Å²) in [5.41, 5.74) is 0.417. The van der Waals surface area contributed by atoms with Gasteiger partial charge < -0.3 is 5.32 Å². The maximum atomic E-state index is 11.7. The first-order valence-electron chi connectivity index (χ1n) is 5.72. The summed E-state index contributed by atoms with van der Waals surface area (Å²) in [6.07, 6.45) is 3.98. The fourth-order valence-corrected chi connectivity index (χ4v) is 2.85. The topological polar surface area (TPSA) is 95.2 Å². The number of H-pyrrole nitrogens is 1. The van der Waals surface area contributed by atoms with Gasteiger partial charge in [0.2, 0.25) is 10.0 Å². The summed E-state index contributed by atoms with van der Waals surface area (Å²) < 4.78 is 24.1. The summed E-state index contributed by atoms with van der Waals surface area (Å²) in [6, 6.07) is 1.61. The molecule has 1 aliphatic rings. The molecule has 2 heterocycles. The highest BCUT2D eigenvalue weighted by Gasteiger charge is 2.26. The third kappa shape index (κ3) is 3.08. The molecule has 0 radical (unpaired) electrons. The number of aromatic nitrogens is 2. The lowest BCUT2D eigenvalue weighted by molar-refractivity contribution is 0.0919. The number of nitrogens with one attached hydrogen (secondary N) is 2. The maximum Gasteiger partial charge on any atom is 0.269 e. The molecule has 2 N–H and O–H groups in total. The van der Waals surface area contributed by atoms with Gasteiger partial charge in [0.1, 0.15) is 5.69 Å². The van der Waals surface area contributed by atoms with E-state index in [1.54, 1.807) is 6.07 Å². The van der Waals surface area contributed by atoms with Crippen LogP contribution in [0.25, 0.3) is 0 Å². The van der Waals surface area contributed by atoms with Gasteiger partial charge in [0.05, 0.1) is 6.26 Å². The number of sulfonamides is 1. The van der Waals surface area contributed by atoms with Crippen LogP contribution in [0.1, 0.15) is 23.3 Å². The van der Waals surface area contributed by atoms with Crippen LogP contribution in [-0.2, 0) is 10.0 Å². The van der Waals surface area contributed by atoms with E-state index in [0.29, 0.717) is 31.6 Å². The lowest BCUT2D eigenvalue weighted by Gasteiger charge is -2.30. The van der Waals surface area contributed by atoms with Crippen molar-refractivity contribution >= 4 is 15.9 Å². The minimum Gasteiger partial charge on any atom is -0.348 e. The molecule has 0 atom stereocenters. The van der Waals surface area contributed by atoms with E-state index < -0.39 is 10.0 Å². The predicted octanol–water partition coefficient (Wildman–Crippen LogP) is -0.436. The highest BCUT2D eigenvalue weighted by Crippen LogP contribution is 2.13. The van der Waals surface area contributed by atoms with Crippen LogP contribution in [-0.4, -0.2) is 54.2 Å². The van der Waals surface area contributed by atoms with Crippen LogP contribution in [0.5, 0.6) is 0 Å². The number of rotatable bonds is 3. The molecule has 8 heteroatoms. The number of carbonyl (C=O) groups is 1. The van der Waals surface area contributed by atoms with Crippen molar-refractivity contribution in [2.75, 3.05) is 19.3 Å². The molecule has 7 nitrogen and oxygen atoms in total. The van der Waals surface area contributed by atoms with E-state index in [0.717, 1.165) is 0 Å². The van der Waals surface area contributed by atoms with Crippen LogP contribution in [0.3, 0.4) is 0 Å². The number of hydrogen-bond donors (Lipinski definition) is 2. The molecule has 2 rings (SSSR count). The van der Waals surface area contributed by atoms with Crippen molar-refractivity contribution in [3.8, 4) is 0 Å². The Hall–Kier alpha value is -1.41. The van der Waals surface area contributed by atoms with Crippen LogP contribution >= 0.6 is 0 Å². The first-order chi connectivity index (χ1) is 8.47. The summed E-state index contributed by atoms with van der Waals surface area (Å²) in [5.74, 6) is -0.203. The smallest absolute Gasteiger partial charge is 0.269 e. The first kappa shape index (κ1) is 13.0. The Kier molecular flexibility index (Phi) is 3.67. The zero-order valence-corrected chi connectivity index (χ0v) is 10.9. The van der Waals surface area contributed by atoms with Gasteiger partial charge in [-0.2, -0.15) is 5.10 Å². The Balaban J connectivity index is 1.86. The number of aromatic amines is 1. The van der Waals surface area contributed by atoms with Crippen molar-refractivity contribution < 1.29 is 13.2 Å².